The molecule has 1 N–H and O–H groups in total. The number of amides is 1. The molecule has 33 heavy (non-hydrogen) atoms. The van der Waals surface area contributed by atoms with Crippen LogP contribution in [0.2, 0.25) is 5.02 Å². The highest BCUT2D eigenvalue weighted by Crippen LogP contribution is 2.30. The third-order valence-corrected chi connectivity index (χ3v) is 8.26. The largest absolute Gasteiger partial charge is 0.354 e. The maximum Gasteiger partial charge on any atom is 0.264 e. The molecule has 0 atom stereocenters. The number of benzene rings is 3. The number of nitrogens with one attached hydrogen (secondary N) is 1. The Morgan fingerprint density at radius 1 is 1.00 bits per heavy atom. The first kappa shape index (κ1) is 25.1. The minimum absolute atomic E-state index is 0.117. The molecule has 0 radical (unpaired) electrons. The Morgan fingerprint density at radius 2 is 1.73 bits per heavy atom. The van der Waals surface area contributed by atoms with Crippen molar-refractivity contribution >= 4 is 45.0 Å². The molecule has 0 saturated carbocycles. The van der Waals surface area contributed by atoms with Gasteiger partial charge in [0, 0.05) is 23.1 Å². The van der Waals surface area contributed by atoms with Crippen LogP contribution in [0.15, 0.2) is 77.7 Å². The standard InChI is InChI=1S/C25H27ClN2O3S2/c1-19-8-6-9-21(16-19)18-32-15-14-27-25(29)17-28(24-13-7-12-23(26)20(24)2)33(30,31)22-10-4-3-5-11-22/h3-13,16H,14-15,17-18H2,1-2H3,(H,27,29). The Hall–Kier alpha value is -2.48. The molecule has 0 aliphatic carbocycles. The molecule has 3 aromatic carbocycles. The fourth-order valence-corrected chi connectivity index (χ4v) is 5.80. The quantitative estimate of drug-likeness (QED) is 0.387. The third kappa shape index (κ3) is 6.76. The molecule has 1 amide bonds. The molecule has 0 aliphatic rings. The molecule has 0 aliphatic heterocycles. The van der Waals surface area contributed by atoms with Crippen LogP contribution in [0.4, 0.5) is 5.69 Å². The van der Waals surface area contributed by atoms with Gasteiger partial charge in [-0.2, -0.15) is 11.8 Å². The zero-order valence-corrected chi connectivity index (χ0v) is 21.0. The fourth-order valence-electron chi connectivity index (χ4n) is 3.33. The normalized spacial score (nSPS) is 11.2. The molecular formula is C25H27ClN2O3S2. The van der Waals surface area contributed by atoms with Crippen molar-refractivity contribution in [3.63, 3.8) is 0 Å². The van der Waals surface area contributed by atoms with E-state index in [1.54, 1.807) is 55.1 Å². The summed E-state index contributed by atoms with van der Waals surface area (Å²) in [6.45, 7) is 3.92. The predicted octanol–water partition coefficient (Wildman–Crippen LogP) is 5.20. The van der Waals surface area contributed by atoms with E-state index >= 15 is 0 Å². The van der Waals surface area contributed by atoms with E-state index in [4.69, 9.17) is 11.6 Å². The molecule has 5 nitrogen and oxygen atoms in total. The first-order chi connectivity index (χ1) is 15.8. The molecular weight excluding hydrogens is 476 g/mol. The van der Waals surface area contributed by atoms with Crippen LogP contribution in [0.25, 0.3) is 0 Å². The van der Waals surface area contributed by atoms with Gasteiger partial charge in [0.2, 0.25) is 5.91 Å². The SMILES string of the molecule is Cc1cccc(CSCCNC(=O)CN(c2cccc(Cl)c2C)S(=O)(=O)c2ccccc2)c1. The monoisotopic (exact) mass is 502 g/mol. The molecule has 3 rings (SSSR count). The minimum atomic E-state index is -3.96. The van der Waals surface area contributed by atoms with Gasteiger partial charge in [-0.1, -0.05) is 65.7 Å². The topological polar surface area (TPSA) is 66.5 Å². The van der Waals surface area contributed by atoms with Gasteiger partial charge >= 0.3 is 0 Å². The van der Waals surface area contributed by atoms with Gasteiger partial charge in [0.1, 0.15) is 6.54 Å². The summed E-state index contributed by atoms with van der Waals surface area (Å²) in [4.78, 5) is 12.8. The Labute approximate surface area is 205 Å². The van der Waals surface area contributed by atoms with Crippen molar-refractivity contribution < 1.29 is 13.2 Å². The molecule has 0 aromatic heterocycles. The molecule has 3 aromatic rings. The van der Waals surface area contributed by atoms with E-state index in [0.717, 1.165) is 15.8 Å². The predicted molar refractivity (Wildman–Crippen MR) is 138 cm³/mol. The maximum absolute atomic E-state index is 13.4. The summed E-state index contributed by atoms with van der Waals surface area (Å²) in [7, 11) is -3.96. The summed E-state index contributed by atoms with van der Waals surface area (Å²) < 4.78 is 27.9. The van der Waals surface area contributed by atoms with E-state index in [-0.39, 0.29) is 17.3 Å². The lowest BCUT2D eigenvalue weighted by Crippen LogP contribution is -2.41. The van der Waals surface area contributed by atoms with Crippen molar-refractivity contribution in [2.24, 2.45) is 0 Å². The first-order valence-electron chi connectivity index (χ1n) is 10.5. The van der Waals surface area contributed by atoms with E-state index in [1.807, 2.05) is 6.07 Å². The van der Waals surface area contributed by atoms with E-state index in [0.29, 0.717) is 22.8 Å². The second-order valence-electron chi connectivity index (χ2n) is 7.60. The summed E-state index contributed by atoms with van der Waals surface area (Å²) >= 11 is 7.96. The number of carbonyl (C=O) groups is 1. The van der Waals surface area contributed by atoms with Crippen molar-refractivity contribution in [3.8, 4) is 0 Å². The second-order valence-corrected chi connectivity index (χ2v) is 11.0. The molecule has 174 valence electrons. The number of aryl methyl sites for hydroxylation is 1. The van der Waals surface area contributed by atoms with Gasteiger partial charge in [-0.25, -0.2) is 8.42 Å². The van der Waals surface area contributed by atoms with Crippen molar-refractivity contribution in [1.29, 1.82) is 0 Å². The van der Waals surface area contributed by atoms with Crippen molar-refractivity contribution in [3.05, 3.63) is 94.5 Å². The van der Waals surface area contributed by atoms with Gasteiger partial charge in [-0.15, -0.1) is 0 Å². The van der Waals surface area contributed by atoms with Gasteiger partial charge in [0.25, 0.3) is 10.0 Å². The van der Waals surface area contributed by atoms with Crippen LogP contribution in [0.1, 0.15) is 16.7 Å². The van der Waals surface area contributed by atoms with Crippen LogP contribution < -0.4 is 9.62 Å². The lowest BCUT2D eigenvalue weighted by molar-refractivity contribution is -0.119. The van der Waals surface area contributed by atoms with Crippen molar-refractivity contribution in [2.45, 2.75) is 24.5 Å². The average Bonchev–Trinajstić information content (AvgIpc) is 2.80. The van der Waals surface area contributed by atoms with Crippen LogP contribution in [0.3, 0.4) is 0 Å². The van der Waals surface area contributed by atoms with Gasteiger partial charge in [-0.3, -0.25) is 9.10 Å². The van der Waals surface area contributed by atoms with Crippen LogP contribution in [0.5, 0.6) is 0 Å². The van der Waals surface area contributed by atoms with Gasteiger partial charge in [0.05, 0.1) is 10.6 Å². The molecule has 0 fully saturated rings. The van der Waals surface area contributed by atoms with Crippen molar-refractivity contribution in [2.75, 3.05) is 23.1 Å². The number of thioether (sulfide) groups is 1. The second kappa shape index (κ2) is 11.6. The lowest BCUT2D eigenvalue weighted by atomic mass is 10.2. The maximum atomic E-state index is 13.4. The molecule has 0 bridgehead atoms. The molecule has 0 spiro atoms. The van der Waals surface area contributed by atoms with E-state index < -0.39 is 10.0 Å². The van der Waals surface area contributed by atoms with Crippen LogP contribution in [0, 0.1) is 13.8 Å². The highest BCUT2D eigenvalue weighted by atomic mass is 35.5. The Bertz CT molecular complexity index is 1200. The van der Waals surface area contributed by atoms with E-state index in [2.05, 4.69) is 30.4 Å². The third-order valence-electron chi connectivity index (χ3n) is 5.05. The highest BCUT2D eigenvalue weighted by molar-refractivity contribution is 7.98. The zero-order valence-electron chi connectivity index (χ0n) is 18.6. The van der Waals surface area contributed by atoms with Crippen molar-refractivity contribution in [1.82, 2.24) is 5.32 Å². The number of hydrogen-bond donors (Lipinski definition) is 1. The molecule has 0 unspecified atom stereocenters. The first-order valence-corrected chi connectivity index (χ1v) is 13.5. The Kier molecular flexibility index (Phi) is 8.83. The van der Waals surface area contributed by atoms with Gasteiger partial charge in [0.15, 0.2) is 0 Å². The highest BCUT2D eigenvalue weighted by Gasteiger charge is 2.28. The number of halogens is 1. The smallest absolute Gasteiger partial charge is 0.264 e. The van der Waals surface area contributed by atoms with Crippen LogP contribution >= 0.6 is 23.4 Å². The number of nitrogens with zero attached hydrogens (tertiary/aromatic N) is 1. The van der Waals surface area contributed by atoms with E-state index in [1.165, 1.54) is 23.3 Å². The summed E-state index contributed by atoms with van der Waals surface area (Å²) in [5, 5.41) is 3.28. The molecule has 0 heterocycles. The Morgan fingerprint density at radius 3 is 2.45 bits per heavy atom. The number of rotatable bonds is 10. The number of carbonyl (C=O) groups excluding carboxylic acids is 1. The number of anilines is 1. The summed E-state index contributed by atoms with van der Waals surface area (Å²) in [5.74, 6) is 1.21. The summed E-state index contributed by atoms with van der Waals surface area (Å²) in [5.41, 5.74) is 3.44. The number of sulfonamides is 1. The zero-order chi connectivity index (χ0) is 23.8. The number of hydrogen-bond acceptors (Lipinski definition) is 4. The van der Waals surface area contributed by atoms with Gasteiger partial charge < -0.3 is 5.32 Å². The molecule has 8 heteroatoms. The Balaban J connectivity index is 1.67. The van der Waals surface area contributed by atoms with Crippen LogP contribution in [-0.4, -0.2) is 33.2 Å². The summed E-state index contributed by atoms with van der Waals surface area (Å²) in [6, 6.07) is 21.4. The fraction of sp³-hybridized carbons (Fsp3) is 0.240. The lowest BCUT2D eigenvalue weighted by Gasteiger charge is -2.26. The van der Waals surface area contributed by atoms with E-state index in [9.17, 15) is 13.2 Å². The van der Waals surface area contributed by atoms with Crippen LogP contribution in [-0.2, 0) is 20.6 Å². The molecule has 0 saturated heterocycles. The summed E-state index contributed by atoms with van der Waals surface area (Å²) in [6.07, 6.45) is 0. The van der Waals surface area contributed by atoms with Gasteiger partial charge in [-0.05, 0) is 49.2 Å². The average molecular weight is 503 g/mol. The minimum Gasteiger partial charge on any atom is -0.354 e.